The molecule has 9 aromatic carbocycles. The Bertz CT molecular complexity index is 3200. The number of nitrogens with zero attached hydrogens (tertiary/aromatic N) is 1. The van der Waals surface area contributed by atoms with Crippen LogP contribution in [-0.4, -0.2) is 0 Å². The number of benzene rings is 9. The zero-order valence-electron chi connectivity index (χ0n) is 35.0. The number of rotatable bonds is 8. The van der Waals surface area contributed by atoms with E-state index < -0.39 is 10.8 Å². The molecule has 0 spiro atoms. The van der Waals surface area contributed by atoms with Gasteiger partial charge in [-0.15, -0.1) is 0 Å². The van der Waals surface area contributed by atoms with E-state index in [4.69, 9.17) is 0 Å². The Labute approximate surface area is 370 Å². The Hall–Kier alpha value is -7.74. The van der Waals surface area contributed by atoms with E-state index >= 15 is 0 Å². The largest absolute Gasteiger partial charge is 0.310 e. The van der Waals surface area contributed by atoms with Crippen molar-refractivity contribution in [1.29, 1.82) is 0 Å². The monoisotopic (exact) mass is 803 g/mol. The van der Waals surface area contributed by atoms with E-state index in [1.54, 1.807) is 0 Å². The van der Waals surface area contributed by atoms with Crippen molar-refractivity contribution in [2.75, 3.05) is 4.90 Å². The topological polar surface area (TPSA) is 3.24 Å². The van der Waals surface area contributed by atoms with Gasteiger partial charge in [-0.1, -0.05) is 212 Å². The van der Waals surface area contributed by atoms with Crippen LogP contribution in [0.2, 0.25) is 0 Å². The summed E-state index contributed by atoms with van der Waals surface area (Å²) in [6.45, 7) is 0. The van der Waals surface area contributed by atoms with Gasteiger partial charge in [0.15, 0.2) is 0 Å². The van der Waals surface area contributed by atoms with Gasteiger partial charge in [0.25, 0.3) is 0 Å². The van der Waals surface area contributed by atoms with Crippen molar-refractivity contribution in [1.82, 2.24) is 0 Å². The van der Waals surface area contributed by atoms with Crippen LogP contribution in [0.1, 0.15) is 62.9 Å². The molecule has 63 heavy (non-hydrogen) atoms. The second-order valence-corrected chi connectivity index (χ2v) is 17.1. The first kappa shape index (κ1) is 37.1. The molecule has 0 bridgehead atoms. The summed E-state index contributed by atoms with van der Waals surface area (Å²) in [5.74, 6) is 0. The van der Waals surface area contributed by atoms with Crippen LogP contribution in [0.4, 0.5) is 17.1 Å². The minimum Gasteiger partial charge on any atom is -0.310 e. The van der Waals surface area contributed by atoms with E-state index in [-0.39, 0.29) is 0 Å². The highest BCUT2D eigenvalue weighted by molar-refractivity contribution is 5.92. The fourth-order valence-corrected chi connectivity index (χ4v) is 11.3. The Morgan fingerprint density at radius 2 is 0.873 bits per heavy atom. The lowest BCUT2D eigenvalue weighted by Gasteiger charge is -2.49. The maximum Gasteiger partial charge on any atom is 0.0720 e. The maximum absolute atomic E-state index is 2.42. The van der Waals surface area contributed by atoms with Crippen LogP contribution >= 0.6 is 0 Å². The van der Waals surface area contributed by atoms with Gasteiger partial charge in [0, 0.05) is 17.1 Å². The fraction of sp³-hybridized carbons (Fsp3) is 0.0645. The summed E-state index contributed by atoms with van der Waals surface area (Å²) in [4.78, 5) is 2.41. The SMILES string of the molecule is C1=CCCC(c2ccc(N(c3ccc(C4(c5ccccc5)c5ccccc5C5(c6ccccc6)c6ccccc6-c6cccc4c65)cc3)c3cccc(-c4ccccc4)c3)cc2)=C1. The smallest absolute Gasteiger partial charge is 0.0720 e. The summed E-state index contributed by atoms with van der Waals surface area (Å²) in [6, 6.07) is 86.2. The van der Waals surface area contributed by atoms with Gasteiger partial charge in [-0.25, -0.2) is 0 Å². The molecule has 0 N–H and O–H groups in total. The average molecular weight is 804 g/mol. The molecule has 0 saturated heterocycles. The summed E-state index contributed by atoms with van der Waals surface area (Å²) in [5.41, 5.74) is 20.4. The highest BCUT2D eigenvalue weighted by Gasteiger charge is 2.57. The summed E-state index contributed by atoms with van der Waals surface area (Å²) in [6.07, 6.45) is 8.84. The van der Waals surface area contributed by atoms with Crippen molar-refractivity contribution in [3.63, 3.8) is 0 Å². The zero-order valence-corrected chi connectivity index (χ0v) is 35.0. The molecule has 298 valence electrons. The van der Waals surface area contributed by atoms with E-state index in [1.807, 2.05) is 0 Å². The molecule has 3 aliphatic rings. The minimum absolute atomic E-state index is 0.477. The first-order valence-electron chi connectivity index (χ1n) is 22.2. The van der Waals surface area contributed by atoms with Gasteiger partial charge in [0.2, 0.25) is 0 Å². The second-order valence-electron chi connectivity index (χ2n) is 17.1. The molecule has 1 heteroatoms. The predicted octanol–water partition coefficient (Wildman–Crippen LogP) is 15.6. The lowest BCUT2D eigenvalue weighted by Crippen LogP contribution is -2.44. The Morgan fingerprint density at radius 3 is 1.56 bits per heavy atom. The van der Waals surface area contributed by atoms with Crippen molar-refractivity contribution in [2.45, 2.75) is 23.7 Å². The first-order valence-corrected chi connectivity index (χ1v) is 22.2. The van der Waals surface area contributed by atoms with Gasteiger partial charge in [-0.05, 0) is 127 Å². The molecule has 2 atom stereocenters. The van der Waals surface area contributed by atoms with E-state index in [0.29, 0.717) is 0 Å². The van der Waals surface area contributed by atoms with Gasteiger partial charge < -0.3 is 4.90 Å². The molecule has 1 nitrogen and oxygen atoms in total. The summed E-state index contributed by atoms with van der Waals surface area (Å²) >= 11 is 0. The van der Waals surface area contributed by atoms with Gasteiger partial charge in [0.1, 0.15) is 0 Å². The van der Waals surface area contributed by atoms with Crippen molar-refractivity contribution in [2.24, 2.45) is 0 Å². The number of hydrogen-bond acceptors (Lipinski definition) is 1. The zero-order chi connectivity index (χ0) is 41.8. The summed E-state index contributed by atoms with van der Waals surface area (Å²) in [7, 11) is 0. The van der Waals surface area contributed by atoms with E-state index in [2.05, 4.69) is 254 Å². The Kier molecular flexibility index (Phi) is 8.83. The molecule has 0 saturated carbocycles. The first-order chi connectivity index (χ1) is 31.3. The molecule has 2 unspecified atom stereocenters. The summed E-state index contributed by atoms with van der Waals surface area (Å²) < 4.78 is 0. The minimum atomic E-state index is -0.607. The molecular formula is C62H45N. The van der Waals surface area contributed by atoms with E-state index in [1.165, 1.54) is 77.9 Å². The van der Waals surface area contributed by atoms with Gasteiger partial charge in [0.05, 0.1) is 10.8 Å². The third-order valence-electron chi connectivity index (χ3n) is 13.9. The van der Waals surface area contributed by atoms with Gasteiger partial charge in [-0.2, -0.15) is 0 Å². The molecule has 12 rings (SSSR count). The molecule has 0 fully saturated rings. The van der Waals surface area contributed by atoms with Crippen LogP contribution in [0.15, 0.2) is 249 Å². The van der Waals surface area contributed by atoms with Crippen LogP contribution in [0, 0.1) is 0 Å². The standard InChI is InChI=1S/C62H45N/c1-5-19-44(20-6-1)46-35-39-51(40-36-46)63(53-28-17-23-47(43-53)45-21-7-2-8-22-45)52-41-37-50(38-42-52)61(48-24-9-3-10-25-48)57-32-15-16-33-58(57)62(49-26-11-4-12-27-49)56-31-14-13-29-54(56)55-30-18-34-59(61)60(55)62/h1-5,7-19,21-43H,6,20H2. The lowest BCUT2D eigenvalue weighted by molar-refractivity contribution is 0.626. The van der Waals surface area contributed by atoms with Crippen LogP contribution in [-0.2, 0) is 10.8 Å². The van der Waals surface area contributed by atoms with Crippen molar-refractivity contribution in [3.8, 4) is 22.3 Å². The van der Waals surface area contributed by atoms with Crippen LogP contribution in [0.25, 0.3) is 27.8 Å². The molecule has 0 aliphatic heterocycles. The molecule has 0 radical (unpaired) electrons. The van der Waals surface area contributed by atoms with Crippen LogP contribution in [0.5, 0.6) is 0 Å². The predicted molar refractivity (Wildman–Crippen MR) is 262 cm³/mol. The van der Waals surface area contributed by atoms with Crippen molar-refractivity contribution in [3.05, 3.63) is 299 Å². The third-order valence-corrected chi connectivity index (χ3v) is 13.9. The van der Waals surface area contributed by atoms with Gasteiger partial charge >= 0.3 is 0 Å². The Balaban J connectivity index is 1.08. The quantitative estimate of drug-likeness (QED) is 0.148. The molecule has 0 heterocycles. The average Bonchev–Trinajstić information content (AvgIpc) is 3.68. The third kappa shape index (κ3) is 5.63. The number of hydrogen-bond donors (Lipinski definition) is 0. The van der Waals surface area contributed by atoms with Crippen molar-refractivity contribution < 1.29 is 0 Å². The highest BCUT2D eigenvalue weighted by Crippen LogP contribution is 2.65. The van der Waals surface area contributed by atoms with E-state index in [0.717, 1.165) is 29.9 Å². The molecule has 9 aromatic rings. The van der Waals surface area contributed by atoms with Gasteiger partial charge in [-0.3, -0.25) is 0 Å². The maximum atomic E-state index is 2.42. The Morgan fingerprint density at radius 1 is 0.349 bits per heavy atom. The number of anilines is 3. The van der Waals surface area contributed by atoms with Crippen molar-refractivity contribution >= 4 is 22.6 Å². The summed E-state index contributed by atoms with van der Waals surface area (Å²) in [5, 5.41) is 0. The van der Waals surface area contributed by atoms with E-state index in [9.17, 15) is 0 Å². The molecule has 0 amide bonds. The highest BCUT2D eigenvalue weighted by atomic mass is 15.1. The second kappa shape index (κ2) is 15.0. The molecule has 0 aromatic heterocycles. The number of fused-ring (bicyclic) bond motifs is 5. The lowest BCUT2D eigenvalue weighted by atomic mass is 9.52. The van der Waals surface area contributed by atoms with Crippen LogP contribution in [0.3, 0.4) is 0 Å². The number of allylic oxidation sites excluding steroid dienone is 4. The fourth-order valence-electron chi connectivity index (χ4n) is 11.3. The molecule has 3 aliphatic carbocycles. The normalized spacial score (nSPS) is 17.9. The van der Waals surface area contributed by atoms with Crippen LogP contribution < -0.4 is 4.90 Å². The molecular weight excluding hydrogens is 759 g/mol.